The molecule has 0 saturated heterocycles. The minimum absolute atomic E-state index is 0.102. The van der Waals surface area contributed by atoms with Gasteiger partial charge in [0.15, 0.2) is 0 Å². The third kappa shape index (κ3) is 5.35. The Bertz CT molecular complexity index is 900. The first-order valence-electron chi connectivity index (χ1n) is 8.92. The number of nitrogens with one attached hydrogen (secondary N) is 1. The zero-order valence-electron chi connectivity index (χ0n) is 15.7. The fraction of sp³-hybridized carbons (Fsp3) is 0.174. The van der Waals surface area contributed by atoms with Crippen molar-refractivity contribution in [1.82, 2.24) is 0 Å². The molecule has 4 heteroatoms. The van der Waals surface area contributed by atoms with Crippen LogP contribution in [0.2, 0.25) is 0 Å². The van der Waals surface area contributed by atoms with Crippen molar-refractivity contribution >= 4 is 11.6 Å². The minimum atomic E-state index is -0.168. The molecule has 1 amide bonds. The number of ether oxygens (including phenoxy) is 2. The Hall–Kier alpha value is -3.27. The Morgan fingerprint density at radius 3 is 2.15 bits per heavy atom. The maximum absolute atomic E-state index is 12.4. The number of carbonyl (C=O) groups excluding carboxylic acids is 1. The Kier molecular flexibility index (Phi) is 5.77. The van der Waals surface area contributed by atoms with E-state index in [0.717, 1.165) is 17.1 Å². The average molecular weight is 361 g/mol. The highest BCUT2D eigenvalue weighted by molar-refractivity contribution is 6.04. The van der Waals surface area contributed by atoms with Gasteiger partial charge in [-0.05, 0) is 87.0 Å². The fourth-order valence-electron chi connectivity index (χ4n) is 2.58. The van der Waals surface area contributed by atoms with Crippen LogP contribution in [-0.2, 0) is 0 Å². The van der Waals surface area contributed by atoms with Crippen LogP contribution in [0.1, 0.15) is 29.8 Å². The van der Waals surface area contributed by atoms with E-state index in [1.54, 1.807) is 24.3 Å². The lowest BCUT2D eigenvalue weighted by Gasteiger charge is -2.11. The predicted molar refractivity (Wildman–Crippen MR) is 108 cm³/mol. The van der Waals surface area contributed by atoms with Gasteiger partial charge < -0.3 is 14.8 Å². The molecule has 27 heavy (non-hydrogen) atoms. The maximum atomic E-state index is 12.4. The van der Waals surface area contributed by atoms with E-state index < -0.39 is 0 Å². The predicted octanol–water partition coefficient (Wildman–Crippen LogP) is 5.83. The number of anilines is 1. The van der Waals surface area contributed by atoms with Crippen LogP contribution < -0.4 is 14.8 Å². The van der Waals surface area contributed by atoms with Gasteiger partial charge in [0.2, 0.25) is 0 Å². The van der Waals surface area contributed by atoms with E-state index in [-0.39, 0.29) is 12.0 Å². The van der Waals surface area contributed by atoms with Crippen molar-refractivity contribution in [3.8, 4) is 17.2 Å². The maximum Gasteiger partial charge on any atom is 0.255 e. The summed E-state index contributed by atoms with van der Waals surface area (Å²) >= 11 is 0. The molecule has 3 aromatic carbocycles. The lowest BCUT2D eigenvalue weighted by Crippen LogP contribution is -2.12. The zero-order valence-corrected chi connectivity index (χ0v) is 15.7. The summed E-state index contributed by atoms with van der Waals surface area (Å²) in [6.07, 6.45) is 0.102. The second kappa shape index (κ2) is 8.41. The first kappa shape index (κ1) is 18.5. The molecule has 1 N–H and O–H groups in total. The monoisotopic (exact) mass is 361 g/mol. The second-order valence-electron chi connectivity index (χ2n) is 6.59. The molecule has 4 nitrogen and oxygen atoms in total. The van der Waals surface area contributed by atoms with Crippen molar-refractivity contribution in [3.05, 3.63) is 83.9 Å². The van der Waals surface area contributed by atoms with Gasteiger partial charge >= 0.3 is 0 Å². The van der Waals surface area contributed by atoms with Crippen LogP contribution in [0.5, 0.6) is 17.2 Å². The van der Waals surface area contributed by atoms with Crippen LogP contribution in [-0.4, -0.2) is 12.0 Å². The van der Waals surface area contributed by atoms with Crippen molar-refractivity contribution in [2.24, 2.45) is 0 Å². The van der Waals surface area contributed by atoms with Crippen molar-refractivity contribution < 1.29 is 14.3 Å². The molecule has 3 aromatic rings. The van der Waals surface area contributed by atoms with Gasteiger partial charge in [0, 0.05) is 11.3 Å². The van der Waals surface area contributed by atoms with Gasteiger partial charge in [-0.25, -0.2) is 0 Å². The number of aryl methyl sites for hydroxylation is 1. The Labute approximate surface area is 159 Å². The van der Waals surface area contributed by atoms with E-state index in [2.05, 4.69) is 5.32 Å². The summed E-state index contributed by atoms with van der Waals surface area (Å²) in [5, 5.41) is 2.88. The summed E-state index contributed by atoms with van der Waals surface area (Å²) in [5.74, 6) is 2.09. The third-order valence-electron chi connectivity index (χ3n) is 3.83. The normalized spacial score (nSPS) is 10.5. The molecular weight excluding hydrogens is 338 g/mol. The van der Waals surface area contributed by atoms with E-state index in [9.17, 15) is 4.79 Å². The number of hydrogen-bond acceptors (Lipinski definition) is 3. The minimum Gasteiger partial charge on any atom is -0.491 e. The lowest BCUT2D eigenvalue weighted by atomic mass is 10.2. The summed E-state index contributed by atoms with van der Waals surface area (Å²) in [4.78, 5) is 12.4. The second-order valence-corrected chi connectivity index (χ2v) is 6.59. The first-order valence-corrected chi connectivity index (χ1v) is 8.92. The van der Waals surface area contributed by atoms with Crippen molar-refractivity contribution in [2.75, 3.05) is 5.32 Å². The quantitative estimate of drug-likeness (QED) is 0.601. The average Bonchev–Trinajstić information content (AvgIpc) is 2.63. The first-order chi connectivity index (χ1) is 13.0. The molecule has 0 spiro atoms. The molecule has 0 aliphatic heterocycles. The summed E-state index contributed by atoms with van der Waals surface area (Å²) in [7, 11) is 0. The lowest BCUT2D eigenvalue weighted by molar-refractivity contribution is 0.102. The molecule has 0 aliphatic rings. The Morgan fingerprint density at radius 1 is 0.852 bits per heavy atom. The number of rotatable bonds is 6. The fourth-order valence-corrected chi connectivity index (χ4v) is 2.58. The van der Waals surface area contributed by atoms with E-state index in [0.29, 0.717) is 17.0 Å². The molecule has 0 radical (unpaired) electrons. The highest BCUT2D eigenvalue weighted by Crippen LogP contribution is 2.24. The highest BCUT2D eigenvalue weighted by atomic mass is 16.5. The van der Waals surface area contributed by atoms with Crippen LogP contribution in [0.25, 0.3) is 0 Å². The van der Waals surface area contributed by atoms with Crippen LogP contribution >= 0.6 is 0 Å². The van der Waals surface area contributed by atoms with Gasteiger partial charge in [0.05, 0.1) is 6.10 Å². The molecule has 0 bridgehead atoms. The van der Waals surface area contributed by atoms with E-state index in [4.69, 9.17) is 9.47 Å². The molecule has 0 fully saturated rings. The van der Waals surface area contributed by atoms with E-state index >= 15 is 0 Å². The number of amides is 1. The van der Waals surface area contributed by atoms with Gasteiger partial charge in [-0.2, -0.15) is 0 Å². The van der Waals surface area contributed by atoms with Crippen molar-refractivity contribution in [2.45, 2.75) is 26.9 Å². The molecule has 138 valence electrons. The molecule has 0 unspecified atom stereocenters. The Balaban J connectivity index is 1.61. The third-order valence-corrected chi connectivity index (χ3v) is 3.83. The molecule has 0 aromatic heterocycles. The topological polar surface area (TPSA) is 47.6 Å². The van der Waals surface area contributed by atoms with Gasteiger partial charge in [-0.1, -0.05) is 12.1 Å². The van der Waals surface area contributed by atoms with Crippen LogP contribution in [0.4, 0.5) is 5.69 Å². The smallest absolute Gasteiger partial charge is 0.255 e. The SMILES string of the molecule is Cc1cccc(Oc2ccc(NC(=O)c3ccc(OC(C)C)cc3)cc2)c1. The molecule has 3 rings (SSSR count). The number of benzene rings is 3. The van der Waals surface area contributed by atoms with Gasteiger partial charge in [0.1, 0.15) is 17.2 Å². The van der Waals surface area contributed by atoms with Crippen molar-refractivity contribution in [1.29, 1.82) is 0 Å². The molecule has 0 aliphatic carbocycles. The van der Waals surface area contributed by atoms with E-state index in [1.807, 2.05) is 69.3 Å². The molecular formula is C23H23NO3. The summed E-state index contributed by atoms with van der Waals surface area (Å²) in [6.45, 7) is 5.95. The van der Waals surface area contributed by atoms with Crippen molar-refractivity contribution in [3.63, 3.8) is 0 Å². The zero-order chi connectivity index (χ0) is 19.2. The molecule has 0 atom stereocenters. The van der Waals surface area contributed by atoms with E-state index in [1.165, 1.54) is 0 Å². The summed E-state index contributed by atoms with van der Waals surface area (Å²) in [5.41, 5.74) is 2.42. The van der Waals surface area contributed by atoms with Crippen LogP contribution in [0, 0.1) is 6.92 Å². The summed E-state index contributed by atoms with van der Waals surface area (Å²) in [6, 6.07) is 22.3. The largest absolute Gasteiger partial charge is 0.491 e. The standard InChI is InChI=1S/C23H23NO3/c1-16(2)26-20-11-7-18(8-12-20)23(25)24-19-9-13-21(14-10-19)27-22-6-4-5-17(3)15-22/h4-16H,1-3H3,(H,24,25). The molecule has 0 heterocycles. The van der Waals surface area contributed by atoms with Crippen LogP contribution in [0.3, 0.4) is 0 Å². The van der Waals surface area contributed by atoms with Gasteiger partial charge in [-0.3, -0.25) is 4.79 Å². The molecule has 0 saturated carbocycles. The van der Waals surface area contributed by atoms with Crippen LogP contribution in [0.15, 0.2) is 72.8 Å². The van der Waals surface area contributed by atoms with Gasteiger partial charge in [0.25, 0.3) is 5.91 Å². The Morgan fingerprint density at radius 2 is 1.52 bits per heavy atom. The summed E-state index contributed by atoms with van der Waals surface area (Å²) < 4.78 is 11.4. The highest BCUT2D eigenvalue weighted by Gasteiger charge is 2.07. The van der Waals surface area contributed by atoms with Gasteiger partial charge in [-0.15, -0.1) is 0 Å². The number of carbonyl (C=O) groups is 1. The number of hydrogen-bond donors (Lipinski definition) is 1.